The average molecular weight is 232 g/mol. The molecule has 0 amide bonds. The van der Waals surface area contributed by atoms with Gasteiger partial charge >= 0.3 is 0 Å². The van der Waals surface area contributed by atoms with E-state index in [1.807, 2.05) is 6.92 Å². The lowest BCUT2D eigenvalue weighted by Crippen LogP contribution is -2.07. The summed E-state index contributed by atoms with van der Waals surface area (Å²) in [5.74, 6) is 0.0781. The van der Waals surface area contributed by atoms with Gasteiger partial charge in [0, 0.05) is 12.0 Å². The molecule has 17 heavy (non-hydrogen) atoms. The second kappa shape index (κ2) is 6.33. The first-order valence-corrected chi connectivity index (χ1v) is 6.04. The van der Waals surface area contributed by atoms with Crippen LogP contribution in [-0.4, -0.2) is 12.1 Å². The van der Waals surface area contributed by atoms with E-state index in [0.29, 0.717) is 24.0 Å². The molecular formula is C15H20O2. The number of carbonyl (C=O) groups excluding carboxylic acids is 2. The number of ketones is 1. The van der Waals surface area contributed by atoms with Gasteiger partial charge in [-0.1, -0.05) is 23.3 Å². The van der Waals surface area contributed by atoms with Crippen LogP contribution in [0.5, 0.6) is 0 Å². The SMILES string of the molecule is CC1=CCC/C(C)=C/C/C(=C(/C)C=O)C(=O)C1. The first-order valence-electron chi connectivity index (χ1n) is 6.04. The molecule has 0 heterocycles. The highest BCUT2D eigenvalue weighted by molar-refractivity contribution is 6.01. The molecule has 0 radical (unpaired) electrons. The summed E-state index contributed by atoms with van der Waals surface area (Å²) in [5, 5.41) is 0. The van der Waals surface area contributed by atoms with Gasteiger partial charge in [-0.25, -0.2) is 0 Å². The molecule has 1 rings (SSSR count). The van der Waals surface area contributed by atoms with Crippen LogP contribution in [0.15, 0.2) is 34.4 Å². The van der Waals surface area contributed by atoms with E-state index in [0.717, 1.165) is 24.7 Å². The molecule has 0 bridgehead atoms. The van der Waals surface area contributed by atoms with Crippen molar-refractivity contribution in [1.29, 1.82) is 0 Å². The number of hydrogen-bond donors (Lipinski definition) is 0. The second-order valence-electron chi connectivity index (χ2n) is 4.72. The Morgan fingerprint density at radius 3 is 2.59 bits per heavy atom. The summed E-state index contributed by atoms with van der Waals surface area (Å²) in [5.41, 5.74) is 3.60. The van der Waals surface area contributed by atoms with Gasteiger partial charge in [0.2, 0.25) is 0 Å². The van der Waals surface area contributed by atoms with Crippen molar-refractivity contribution in [2.75, 3.05) is 0 Å². The van der Waals surface area contributed by atoms with Crippen LogP contribution in [0, 0.1) is 0 Å². The van der Waals surface area contributed by atoms with Crippen molar-refractivity contribution in [3.8, 4) is 0 Å². The standard InChI is InChI=1S/C15H20O2/c1-11-5-4-6-12(2)9-15(17)14(8-7-11)13(3)10-16/h6-7,10H,4-5,8-9H2,1-3H3/b11-7+,12-6?,14-13+. The highest BCUT2D eigenvalue weighted by atomic mass is 16.1. The van der Waals surface area contributed by atoms with Gasteiger partial charge in [0.25, 0.3) is 0 Å². The molecule has 0 aliphatic heterocycles. The first kappa shape index (κ1) is 13.6. The summed E-state index contributed by atoms with van der Waals surface area (Å²) in [6, 6.07) is 0. The first-order chi connectivity index (χ1) is 8.04. The summed E-state index contributed by atoms with van der Waals surface area (Å²) in [4.78, 5) is 22.9. The third kappa shape index (κ3) is 4.14. The number of allylic oxidation sites excluding steroid dienone is 6. The van der Waals surface area contributed by atoms with Gasteiger partial charge in [-0.3, -0.25) is 9.59 Å². The van der Waals surface area contributed by atoms with Gasteiger partial charge in [-0.2, -0.15) is 0 Å². The second-order valence-corrected chi connectivity index (χ2v) is 4.72. The number of aldehydes is 1. The van der Waals surface area contributed by atoms with Gasteiger partial charge in [0.1, 0.15) is 6.29 Å². The zero-order valence-corrected chi connectivity index (χ0v) is 10.9. The van der Waals surface area contributed by atoms with Crippen LogP contribution in [0.4, 0.5) is 0 Å². The minimum absolute atomic E-state index is 0.0781. The van der Waals surface area contributed by atoms with E-state index >= 15 is 0 Å². The van der Waals surface area contributed by atoms with E-state index in [9.17, 15) is 9.59 Å². The Morgan fingerprint density at radius 2 is 1.94 bits per heavy atom. The van der Waals surface area contributed by atoms with Crippen LogP contribution >= 0.6 is 0 Å². The highest BCUT2D eigenvalue weighted by Crippen LogP contribution is 2.19. The van der Waals surface area contributed by atoms with Crippen LogP contribution in [0.3, 0.4) is 0 Å². The topological polar surface area (TPSA) is 34.1 Å². The number of rotatable bonds is 1. The Labute approximate surface area is 103 Å². The minimum atomic E-state index is 0.0781. The van der Waals surface area contributed by atoms with Gasteiger partial charge < -0.3 is 0 Å². The van der Waals surface area contributed by atoms with Gasteiger partial charge in [-0.15, -0.1) is 0 Å². The normalized spacial score (nSPS) is 24.5. The fourth-order valence-corrected chi connectivity index (χ4v) is 1.92. The van der Waals surface area contributed by atoms with E-state index in [1.54, 1.807) is 6.92 Å². The zero-order chi connectivity index (χ0) is 12.8. The molecule has 0 saturated carbocycles. The molecule has 0 spiro atoms. The van der Waals surface area contributed by atoms with Crippen LogP contribution in [0.2, 0.25) is 0 Å². The molecule has 0 saturated heterocycles. The third-order valence-electron chi connectivity index (χ3n) is 3.11. The Morgan fingerprint density at radius 1 is 1.24 bits per heavy atom. The van der Waals surface area contributed by atoms with Crippen molar-refractivity contribution < 1.29 is 9.59 Å². The largest absolute Gasteiger partial charge is 0.298 e. The Kier molecular flexibility index (Phi) is 5.08. The summed E-state index contributed by atoms with van der Waals surface area (Å²) >= 11 is 0. The van der Waals surface area contributed by atoms with Crippen LogP contribution in [-0.2, 0) is 9.59 Å². The summed E-state index contributed by atoms with van der Waals surface area (Å²) in [6.45, 7) is 5.77. The van der Waals surface area contributed by atoms with Crippen molar-refractivity contribution in [2.45, 2.75) is 46.5 Å². The van der Waals surface area contributed by atoms with Gasteiger partial charge in [0.05, 0.1) is 0 Å². The van der Waals surface area contributed by atoms with E-state index < -0.39 is 0 Å². The molecule has 0 N–H and O–H groups in total. The Bertz CT molecular complexity index is 409. The maximum absolute atomic E-state index is 12.1. The number of carbonyl (C=O) groups is 2. The van der Waals surface area contributed by atoms with E-state index in [4.69, 9.17) is 0 Å². The molecule has 0 fully saturated rings. The molecule has 0 aromatic rings. The molecular weight excluding hydrogens is 212 g/mol. The molecule has 92 valence electrons. The van der Waals surface area contributed by atoms with Crippen LogP contribution in [0.1, 0.15) is 46.5 Å². The summed E-state index contributed by atoms with van der Waals surface area (Å²) in [6.07, 6.45) is 8.01. The monoisotopic (exact) mass is 232 g/mol. The minimum Gasteiger partial charge on any atom is -0.298 e. The lowest BCUT2D eigenvalue weighted by molar-refractivity contribution is -0.115. The van der Waals surface area contributed by atoms with Crippen molar-refractivity contribution in [3.63, 3.8) is 0 Å². The molecule has 1 aliphatic carbocycles. The lowest BCUT2D eigenvalue weighted by atomic mass is 9.94. The lowest BCUT2D eigenvalue weighted by Gasteiger charge is -2.10. The Hall–Kier alpha value is -1.44. The maximum Gasteiger partial charge on any atom is 0.163 e. The average Bonchev–Trinajstić information content (AvgIpc) is 2.28. The smallest absolute Gasteiger partial charge is 0.163 e. The van der Waals surface area contributed by atoms with Gasteiger partial charge in [-0.05, 0) is 45.6 Å². The molecule has 0 atom stereocenters. The fourth-order valence-electron chi connectivity index (χ4n) is 1.92. The molecule has 0 unspecified atom stereocenters. The molecule has 2 nitrogen and oxygen atoms in total. The quantitative estimate of drug-likeness (QED) is 0.393. The predicted molar refractivity (Wildman–Crippen MR) is 69.8 cm³/mol. The van der Waals surface area contributed by atoms with E-state index in [2.05, 4.69) is 19.1 Å². The van der Waals surface area contributed by atoms with E-state index in [-0.39, 0.29) is 5.78 Å². The summed E-state index contributed by atoms with van der Waals surface area (Å²) < 4.78 is 0. The van der Waals surface area contributed by atoms with Crippen LogP contribution in [0.25, 0.3) is 0 Å². The highest BCUT2D eigenvalue weighted by Gasteiger charge is 2.13. The molecule has 2 heteroatoms. The maximum atomic E-state index is 12.1. The number of hydrogen-bond acceptors (Lipinski definition) is 2. The Balaban J connectivity index is 3.07. The van der Waals surface area contributed by atoms with Crippen LogP contribution < -0.4 is 0 Å². The molecule has 1 aliphatic rings. The third-order valence-corrected chi connectivity index (χ3v) is 3.11. The van der Waals surface area contributed by atoms with Crippen molar-refractivity contribution in [2.24, 2.45) is 0 Å². The summed E-state index contributed by atoms with van der Waals surface area (Å²) in [7, 11) is 0. The van der Waals surface area contributed by atoms with E-state index in [1.165, 1.54) is 5.57 Å². The van der Waals surface area contributed by atoms with Crippen molar-refractivity contribution in [1.82, 2.24) is 0 Å². The fraction of sp³-hybridized carbons (Fsp3) is 0.467. The van der Waals surface area contributed by atoms with Crippen molar-refractivity contribution in [3.05, 3.63) is 34.4 Å². The molecule has 0 aromatic carbocycles. The van der Waals surface area contributed by atoms with Gasteiger partial charge in [0.15, 0.2) is 5.78 Å². The predicted octanol–water partition coefficient (Wildman–Crippen LogP) is 3.54. The number of Topliss-reactive ketones (excluding diaryl/α,β-unsaturated/α-hetero) is 1. The van der Waals surface area contributed by atoms with Crippen molar-refractivity contribution >= 4 is 12.1 Å². The zero-order valence-electron chi connectivity index (χ0n) is 10.9. The molecule has 0 aromatic heterocycles.